The smallest absolute Gasteiger partial charge is 0.333 e. The third-order valence-corrected chi connectivity index (χ3v) is 21.6. The minimum Gasteiger partial charge on any atom is -0.466 e. The third kappa shape index (κ3) is 32.0. The molecular formula is C86H140O11. The summed E-state index contributed by atoms with van der Waals surface area (Å²) >= 11 is 0. The number of fused-ring (bicyclic) bond motifs is 8. The molecule has 0 spiro atoms. The molecule has 0 amide bonds. The molecule has 2 aromatic rings. The van der Waals surface area contributed by atoms with Crippen LogP contribution in [0.1, 0.15) is 262 Å². The average Bonchev–Trinajstić information content (AvgIpc) is 1.70. The zero-order valence-corrected chi connectivity index (χ0v) is 64.4. The van der Waals surface area contributed by atoms with Crippen LogP contribution in [0.15, 0.2) is 97.1 Å². The predicted molar refractivity (Wildman–Crippen MR) is 401 cm³/mol. The fourth-order valence-corrected chi connectivity index (χ4v) is 16.6. The first-order valence-corrected chi connectivity index (χ1v) is 38.6. The summed E-state index contributed by atoms with van der Waals surface area (Å²) < 4.78 is 36.2. The summed E-state index contributed by atoms with van der Waals surface area (Å²) in [5.41, 5.74) is 4.39. The molecule has 0 heterocycles. The number of carbonyl (C=O) groups excluding carboxylic acids is 4. The molecule has 0 N–H and O–H groups in total. The molecule has 0 radical (unpaired) electrons. The number of carbonyl (C=O) groups is 4. The molecule has 11 nitrogen and oxygen atoms in total. The van der Waals surface area contributed by atoms with Gasteiger partial charge in [0, 0.05) is 42.1 Å². The van der Waals surface area contributed by atoms with Crippen LogP contribution >= 0.6 is 0 Å². The van der Waals surface area contributed by atoms with E-state index in [0.29, 0.717) is 47.3 Å². The Bertz CT molecular complexity index is 2530. The van der Waals surface area contributed by atoms with Gasteiger partial charge in [0.2, 0.25) is 0 Å². The number of hydrogen-bond donors (Lipinski definition) is 0. The first-order chi connectivity index (χ1) is 46.4. The second-order valence-corrected chi connectivity index (χ2v) is 30.4. The standard InChI is InChI=1S/2C14H22O2.C14H14O.2C11H20.C10H18O3.C7H16O.C5H8O2/c1-4-5-11-6-10-7-12(11)13(8-10)16-14(15)9(2)3;1-4-5-10-6-12-7-11(10)8-13(12)16-14(15)9(2)3;1-11-3-7-13(8-4-11)15-14-9-5-12(2)6-10-14;1-3-4-10-6-9-5-8(2)11(10)7-9;1-3-4-9-6-10-7-11(9)5-8(10)2;1-4-5-6-12-7-8-13-10(11)9(2)3;1-3-5-7-8-6-4-2;1-4(2)5(6)7-3/h2*10-13H,2,4-8H2,1,3H3;3-10H,1-2H3;2*8-11H,3-7H2,1-2H3;2,4-8H2,1,3H3;3-7H2,1-2H3;1H2,2-3H3. The highest BCUT2D eigenvalue weighted by Crippen LogP contribution is 2.55. The largest absolute Gasteiger partial charge is 0.466 e. The van der Waals surface area contributed by atoms with Crippen molar-refractivity contribution in [3.8, 4) is 11.5 Å². The molecule has 97 heavy (non-hydrogen) atoms. The van der Waals surface area contributed by atoms with E-state index in [4.69, 9.17) is 28.4 Å². The monoisotopic (exact) mass is 1350 g/mol. The van der Waals surface area contributed by atoms with Gasteiger partial charge in [-0.05, 0) is 245 Å². The Kier molecular flexibility index (Phi) is 42.6. The molecule has 16 unspecified atom stereocenters. The third-order valence-electron chi connectivity index (χ3n) is 21.6. The summed E-state index contributed by atoms with van der Waals surface area (Å²) in [6, 6.07) is 16.1. The van der Waals surface area contributed by atoms with Gasteiger partial charge in [0.25, 0.3) is 0 Å². The lowest BCUT2D eigenvalue weighted by Gasteiger charge is -2.29. The van der Waals surface area contributed by atoms with Crippen LogP contribution < -0.4 is 4.74 Å². The van der Waals surface area contributed by atoms with Crippen molar-refractivity contribution in [2.45, 2.75) is 277 Å². The van der Waals surface area contributed by atoms with Gasteiger partial charge in [0.1, 0.15) is 30.3 Å². The van der Waals surface area contributed by atoms with Crippen LogP contribution in [-0.4, -0.2) is 76.2 Å². The lowest BCUT2D eigenvalue weighted by atomic mass is 9.79. The Balaban J connectivity index is 0.000000293. The summed E-state index contributed by atoms with van der Waals surface area (Å²) in [7, 11) is 1.33. The van der Waals surface area contributed by atoms with Gasteiger partial charge in [-0.2, -0.15) is 0 Å². The lowest BCUT2D eigenvalue weighted by molar-refractivity contribution is -0.148. The summed E-state index contributed by atoms with van der Waals surface area (Å²) in [4.78, 5) is 44.0. The van der Waals surface area contributed by atoms with Crippen molar-refractivity contribution in [2.75, 3.05) is 40.1 Å². The van der Waals surface area contributed by atoms with E-state index >= 15 is 0 Å². The molecule has 16 atom stereocenters. The number of esters is 4. The highest BCUT2D eigenvalue weighted by Gasteiger charge is 2.49. The van der Waals surface area contributed by atoms with Gasteiger partial charge in [-0.15, -0.1) is 0 Å². The molecule has 11 heteroatoms. The van der Waals surface area contributed by atoms with Crippen LogP contribution in [0.5, 0.6) is 11.5 Å². The molecule has 0 saturated heterocycles. The first kappa shape index (κ1) is 86.2. The van der Waals surface area contributed by atoms with Gasteiger partial charge in [-0.25, -0.2) is 19.2 Å². The van der Waals surface area contributed by atoms with E-state index in [0.717, 1.165) is 134 Å². The second kappa shape index (κ2) is 47.9. The molecule has 8 aliphatic rings. The van der Waals surface area contributed by atoms with Crippen LogP contribution in [0.3, 0.4) is 0 Å². The van der Waals surface area contributed by atoms with Crippen LogP contribution in [0, 0.1) is 96.7 Å². The van der Waals surface area contributed by atoms with Crippen molar-refractivity contribution in [1.29, 1.82) is 0 Å². The molecular weight excluding hydrogens is 1210 g/mol. The maximum Gasteiger partial charge on any atom is 0.333 e. The maximum atomic E-state index is 11.5. The fourth-order valence-electron chi connectivity index (χ4n) is 16.6. The number of unbranched alkanes of at least 4 members (excludes halogenated alkanes) is 2. The zero-order chi connectivity index (χ0) is 72.0. The predicted octanol–water partition coefficient (Wildman–Crippen LogP) is 22.5. The van der Waals surface area contributed by atoms with E-state index in [1.54, 1.807) is 66.2 Å². The first-order valence-electron chi connectivity index (χ1n) is 38.6. The van der Waals surface area contributed by atoms with Gasteiger partial charge in [0.05, 0.1) is 13.7 Å². The SMILES string of the molecule is C=C(C)C(=O)OC.C=C(C)C(=O)OC1CC2CC(CCC)C1C2.C=C(C)C(=O)OC1CC2CC1CC2CCC.C=C(C)C(=O)OCCOCCCC.CCCC1CC2CC(C)C1C2.CCCC1CC2CC1CC2C.CCCCOCCC.Cc1ccc(Oc2ccc(C)cc2)cc1. The number of methoxy groups -OCH3 is 1. The van der Waals surface area contributed by atoms with Gasteiger partial charge < -0.3 is 33.2 Å². The number of hydrogen-bond acceptors (Lipinski definition) is 11. The van der Waals surface area contributed by atoms with E-state index in [2.05, 4.69) is 107 Å². The average molecular weight is 1350 g/mol. The van der Waals surface area contributed by atoms with Crippen molar-refractivity contribution in [3.05, 3.63) is 108 Å². The van der Waals surface area contributed by atoms with Crippen LogP contribution in [-0.2, 0) is 47.6 Å². The normalized spacial score (nSPS) is 27.2. The highest BCUT2D eigenvalue weighted by molar-refractivity contribution is 5.88. The van der Waals surface area contributed by atoms with E-state index in [9.17, 15) is 19.2 Å². The van der Waals surface area contributed by atoms with Crippen molar-refractivity contribution < 1.29 is 52.3 Å². The quantitative estimate of drug-likeness (QED) is 0.0366. The number of ether oxygens (including phenoxy) is 7. The number of benzene rings is 2. The van der Waals surface area contributed by atoms with Crippen LogP contribution in [0.4, 0.5) is 0 Å². The van der Waals surface area contributed by atoms with Gasteiger partial charge >= 0.3 is 23.9 Å². The maximum absolute atomic E-state index is 11.5. The minimum atomic E-state index is -0.348. The Morgan fingerprint density at radius 1 is 0.392 bits per heavy atom. The van der Waals surface area contributed by atoms with Crippen LogP contribution in [0.25, 0.3) is 0 Å². The van der Waals surface area contributed by atoms with E-state index < -0.39 is 0 Å². The van der Waals surface area contributed by atoms with E-state index in [-0.39, 0.29) is 36.1 Å². The molecule has 8 fully saturated rings. The lowest BCUT2D eigenvalue weighted by Crippen LogP contribution is -2.29. The highest BCUT2D eigenvalue weighted by atomic mass is 16.6. The van der Waals surface area contributed by atoms with Crippen LogP contribution in [0.2, 0.25) is 0 Å². The van der Waals surface area contributed by atoms with Crippen molar-refractivity contribution in [3.63, 3.8) is 0 Å². The Labute approximate surface area is 592 Å². The topological polar surface area (TPSA) is 133 Å². The molecule has 8 aliphatic carbocycles. The molecule has 550 valence electrons. The zero-order valence-electron chi connectivity index (χ0n) is 64.4. The molecule has 0 aromatic heterocycles. The van der Waals surface area contributed by atoms with E-state index in [1.165, 1.54) is 108 Å². The number of rotatable bonds is 27. The fraction of sp³-hybridized carbons (Fsp3) is 0.721. The number of aryl methyl sites for hydroxylation is 2. The molecule has 0 aliphatic heterocycles. The van der Waals surface area contributed by atoms with Gasteiger partial charge in [-0.3, -0.25) is 0 Å². The summed E-state index contributed by atoms with van der Waals surface area (Å²) in [5.74, 6) is 14.1. The molecule has 8 saturated carbocycles. The van der Waals surface area contributed by atoms with Crippen molar-refractivity contribution in [2.24, 2.45) is 82.9 Å². The Morgan fingerprint density at radius 3 is 1.21 bits per heavy atom. The molecule has 8 bridgehead atoms. The van der Waals surface area contributed by atoms with E-state index in [1.807, 2.05) is 48.5 Å². The Hall–Kier alpha value is -5.00. The summed E-state index contributed by atoms with van der Waals surface area (Å²) in [5, 5.41) is 0. The second-order valence-electron chi connectivity index (χ2n) is 30.4. The Morgan fingerprint density at radius 2 is 0.825 bits per heavy atom. The van der Waals surface area contributed by atoms with Gasteiger partial charge in [0.15, 0.2) is 0 Å². The van der Waals surface area contributed by atoms with Crippen molar-refractivity contribution in [1.82, 2.24) is 0 Å². The molecule has 2 aromatic carbocycles. The van der Waals surface area contributed by atoms with Crippen molar-refractivity contribution >= 4 is 23.9 Å². The minimum absolute atomic E-state index is 0.180. The summed E-state index contributed by atoms with van der Waals surface area (Å²) in [6.07, 6.45) is 33.9. The molecule has 10 rings (SSSR count). The summed E-state index contributed by atoms with van der Waals surface area (Å²) in [6.45, 7) is 48.8. The van der Waals surface area contributed by atoms with Gasteiger partial charge in [-0.1, -0.05) is 188 Å².